The highest BCUT2D eigenvalue weighted by Gasteiger charge is 2.36. The molecule has 29 heavy (non-hydrogen) atoms. The fraction of sp³-hybridized carbons (Fsp3) is 0.100. The molecular formula is C20H16N2O6S. The lowest BCUT2D eigenvalue weighted by molar-refractivity contribution is -0.127. The molecule has 2 aromatic rings. The summed E-state index contributed by atoms with van der Waals surface area (Å²) in [6, 6.07) is 12.8. The third-order valence-corrected chi connectivity index (χ3v) is 4.91. The van der Waals surface area contributed by atoms with Crippen molar-refractivity contribution in [2.75, 3.05) is 19.0 Å². The Hall–Kier alpha value is -3.59. The van der Waals surface area contributed by atoms with Gasteiger partial charge >= 0.3 is 5.97 Å². The Balaban J connectivity index is 1.72. The molecule has 0 atom stereocenters. The van der Waals surface area contributed by atoms with Gasteiger partial charge in [-0.1, -0.05) is 24.3 Å². The third-order valence-electron chi connectivity index (χ3n) is 4.00. The van der Waals surface area contributed by atoms with Crippen molar-refractivity contribution < 1.29 is 29.0 Å². The van der Waals surface area contributed by atoms with Crippen LogP contribution in [0.25, 0.3) is 6.08 Å². The van der Waals surface area contributed by atoms with Crippen molar-refractivity contribution in [3.63, 3.8) is 0 Å². The van der Waals surface area contributed by atoms with E-state index in [1.165, 1.54) is 25.3 Å². The van der Waals surface area contributed by atoms with Gasteiger partial charge in [-0.3, -0.25) is 19.3 Å². The number of amides is 3. The first-order valence-electron chi connectivity index (χ1n) is 8.40. The number of carbonyl (C=O) groups excluding carboxylic acids is 3. The van der Waals surface area contributed by atoms with Crippen LogP contribution in [0.15, 0.2) is 53.4 Å². The van der Waals surface area contributed by atoms with Gasteiger partial charge in [0.1, 0.15) is 12.3 Å². The second-order valence-electron chi connectivity index (χ2n) is 5.94. The monoisotopic (exact) mass is 412 g/mol. The number of hydrogen-bond donors (Lipinski definition) is 2. The number of aromatic carboxylic acids is 1. The number of hydrogen-bond acceptors (Lipinski definition) is 6. The van der Waals surface area contributed by atoms with Crippen molar-refractivity contribution >= 4 is 46.5 Å². The maximum atomic E-state index is 12.5. The van der Waals surface area contributed by atoms with E-state index in [1.807, 2.05) is 0 Å². The molecule has 8 nitrogen and oxygen atoms in total. The van der Waals surface area contributed by atoms with Gasteiger partial charge in [0, 0.05) is 0 Å². The highest BCUT2D eigenvalue weighted by atomic mass is 32.2. The van der Waals surface area contributed by atoms with Crippen molar-refractivity contribution in [2.45, 2.75) is 0 Å². The zero-order chi connectivity index (χ0) is 21.0. The number of anilines is 1. The summed E-state index contributed by atoms with van der Waals surface area (Å²) in [6.07, 6.45) is 1.55. The summed E-state index contributed by atoms with van der Waals surface area (Å²) in [7, 11) is 1.52. The normalized spacial score (nSPS) is 14.9. The average molecular weight is 412 g/mol. The number of benzene rings is 2. The number of methoxy groups -OCH3 is 1. The molecule has 0 bridgehead atoms. The lowest BCUT2D eigenvalue weighted by Gasteiger charge is -2.13. The average Bonchev–Trinajstić information content (AvgIpc) is 2.95. The van der Waals surface area contributed by atoms with Crippen LogP contribution < -0.4 is 10.1 Å². The molecule has 148 valence electrons. The van der Waals surface area contributed by atoms with Crippen LogP contribution in [0.3, 0.4) is 0 Å². The van der Waals surface area contributed by atoms with Gasteiger partial charge in [-0.15, -0.1) is 0 Å². The van der Waals surface area contributed by atoms with Crippen LogP contribution >= 0.6 is 11.8 Å². The molecular weight excluding hydrogens is 396 g/mol. The Labute approximate surface area is 170 Å². The van der Waals surface area contributed by atoms with Crippen molar-refractivity contribution in [1.82, 2.24) is 4.90 Å². The highest BCUT2D eigenvalue weighted by molar-refractivity contribution is 8.18. The Morgan fingerprint density at radius 3 is 2.66 bits per heavy atom. The zero-order valence-corrected chi connectivity index (χ0v) is 16.1. The van der Waals surface area contributed by atoms with E-state index in [0.29, 0.717) is 11.3 Å². The molecule has 1 aliphatic heterocycles. The van der Waals surface area contributed by atoms with Gasteiger partial charge < -0.3 is 15.2 Å². The lowest BCUT2D eigenvalue weighted by atomic mass is 10.2. The van der Waals surface area contributed by atoms with E-state index in [1.54, 1.807) is 36.4 Å². The second-order valence-corrected chi connectivity index (χ2v) is 6.94. The molecule has 1 aliphatic rings. The van der Waals surface area contributed by atoms with Gasteiger partial charge in [0.15, 0.2) is 0 Å². The maximum Gasteiger partial charge on any atom is 0.337 e. The SMILES string of the molecule is COc1cccc(/C=C2\SC(=O)N(CC(=O)Nc3ccccc3C(=O)O)C2=O)c1. The summed E-state index contributed by atoms with van der Waals surface area (Å²) >= 11 is 0.730. The number of para-hydroxylation sites is 1. The zero-order valence-electron chi connectivity index (χ0n) is 15.2. The first-order chi connectivity index (χ1) is 13.9. The van der Waals surface area contributed by atoms with Gasteiger partial charge in [-0.2, -0.15) is 0 Å². The van der Waals surface area contributed by atoms with Crippen LogP contribution in [-0.2, 0) is 9.59 Å². The minimum atomic E-state index is -1.20. The van der Waals surface area contributed by atoms with Crippen LogP contribution in [0.1, 0.15) is 15.9 Å². The molecule has 0 aromatic heterocycles. The summed E-state index contributed by atoms with van der Waals surface area (Å²) < 4.78 is 5.13. The van der Waals surface area contributed by atoms with E-state index in [2.05, 4.69) is 5.32 Å². The van der Waals surface area contributed by atoms with Crippen molar-refractivity contribution in [1.29, 1.82) is 0 Å². The number of carboxylic acids is 1. The fourth-order valence-corrected chi connectivity index (χ4v) is 3.47. The molecule has 0 spiro atoms. The largest absolute Gasteiger partial charge is 0.497 e. The maximum absolute atomic E-state index is 12.5. The summed E-state index contributed by atoms with van der Waals surface area (Å²) in [6.45, 7) is -0.520. The third kappa shape index (κ3) is 4.64. The molecule has 9 heteroatoms. The molecule has 0 saturated carbocycles. The van der Waals surface area contributed by atoms with Gasteiger partial charge in [0.25, 0.3) is 11.1 Å². The number of thioether (sulfide) groups is 1. The van der Waals surface area contributed by atoms with E-state index in [-0.39, 0.29) is 16.2 Å². The number of nitrogens with zero attached hydrogens (tertiary/aromatic N) is 1. The minimum absolute atomic E-state index is 0.0869. The van der Waals surface area contributed by atoms with Crippen LogP contribution in [0, 0.1) is 0 Å². The van der Waals surface area contributed by atoms with Crippen molar-refractivity contribution in [3.8, 4) is 5.75 Å². The number of nitrogens with one attached hydrogen (secondary N) is 1. The van der Waals surface area contributed by atoms with Crippen LogP contribution in [-0.4, -0.2) is 46.7 Å². The van der Waals surface area contributed by atoms with Gasteiger partial charge in [0.2, 0.25) is 5.91 Å². The highest BCUT2D eigenvalue weighted by Crippen LogP contribution is 2.32. The lowest BCUT2D eigenvalue weighted by Crippen LogP contribution is -2.36. The molecule has 0 aliphatic carbocycles. The molecule has 1 fully saturated rings. The minimum Gasteiger partial charge on any atom is -0.497 e. The van der Waals surface area contributed by atoms with Crippen LogP contribution in [0.4, 0.5) is 10.5 Å². The predicted molar refractivity (Wildman–Crippen MR) is 108 cm³/mol. The molecule has 2 aromatic carbocycles. The summed E-state index contributed by atoms with van der Waals surface area (Å²) in [5.41, 5.74) is 0.673. The molecule has 1 heterocycles. The smallest absolute Gasteiger partial charge is 0.337 e. The van der Waals surface area contributed by atoms with Crippen molar-refractivity contribution in [3.05, 3.63) is 64.6 Å². The van der Waals surface area contributed by atoms with E-state index in [0.717, 1.165) is 16.7 Å². The number of ether oxygens (including phenoxy) is 1. The predicted octanol–water partition coefficient (Wildman–Crippen LogP) is 3.07. The molecule has 3 rings (SSSR count). The van der Waals surface area contributed by atoms with Crippen LogP contribution in [0.5, 0.6) is 5.75 Å². The Bertz CT molecular complexity index is 1030. The Kier molecular flexibility index (Phi) is 5.99. The standard InChI is InChI=1S/C20H16N2O6S/c1-28-13-6-4-5-12(9-13)10-16-18(24)22(20(27)29-16)11-17(23)21-15-8-3-2-7-14(15)19(25)26/h2-10H,11H2,1H3,(H,21,23)(H,25,26)/b16-10-. The second kappa shape index (κ2) is 8.61. The Morgan fingerprint density at radius 2 is 1.93 bits per heavy atom. The topological polar surface area (TPSA) is 113 Å². The fourth-order valence-electron chi connectivity index (χ4n) is 2.63. The molecule has 1 saturated heterocycles. The van der Waals surface area contributed by atoms with E-state index in [9.17, 15) is 19.2 Å². The Morgan fingerprint density at radius 1 is 1.17 bits per heavy atom. The van der Waals surface area contributed by atoms with Gasteiger partial charge in [0.05, 0.1) is 23.3 Å². The molecule has 2 N–H and O–H groups in total. The van der Waals surface area contributed by atoms with E-state index < -0.39 is 29.6 Å². The first-order valence-corrected chi connectivity index (χ1v) is 9.22. The van der Waals surface area contributed by atoms with Gasteiger partial charge in [-0.25, -0.2) is 4.79 Å². The summed E-state index contributed by atoms with van der Waals surface area (Å²) in [4.78, 5) is 49.3. The van der Waals surface area contributed by atoms with Gasteiger partial charge in [-0.05, 0) is 47.7 Å². The first kappa shape index (κ1) is 20.2. The van der Waals surface area contributed by atoms with Crippen molar-refractivity contribution in [2.24, 2.45) is 0 Å². The quantitative estimate of drug-likeness (QED) is 0.701. The molecule has 3 amide bonds. The van der Waals surface area contributed by atoms with E-state index in [4.69, 9.17) is 9.84 Å². The number of imide groups is 1. The number of carboxylic acid groups (broad SMARTS) is 1. The number of rotatable bonds is 6. The van der Waals surface area contributed by atoms with E-state index >= 15 is 0 Å². The summed E-state index contributed by atoms with van der Waals surface area (Å²) in [5, 5.41) is 11.0. The summed E-state index contributed by atoms with van der Waals surface area (Å²) in [5.74, 6) is -1.86. The molecule has 0 unspecified atom stereocenters. The van der Waals surface area contributed by atoms with Crippen LogP contribution in [0.2, 0.25) is 0 Å². The number of carbonyl (C=O) groups is 4. The molecule has 0 radical (unpaired) electrons.